The van der Waals surface area contributed by atoms with Crippen LogP contribution in [0, 0.1) is 0 Å². The summed E-state index contributed by atoms with van der Waals surface area (Å²) in [6.45, 7) is 5.62. The summed E-state index contributed by atoms with van der Waals surface area (Å²) in [4.78, 5) is 19.2. The van der Waals surface area contributed by atoms with Gasteiger partial charge in [0, 0.05) is 36.3 Å². The Morgan fingerprint density at radius 2 is 2.21 bits per heavy atom. The number of fused-ring (bicyclic) bond motifs is 4. The van der Waals surface area contributed by atoms with Gasteiger partial charge < -0.3 is 10.1 Å². The van der Waals surface area contributed by atoms with Crippen LogP contribution in [0.15, 0.2) is 36.9 Å². The van der Waals surface area contributed by atoms with Crippen molar-refractivity contribution in [3.63, 3.8) is 0 Å². The van der Waals surface area contributed by atoms with E-state index < -0.39 is 0 Å². The van der Waals surface area contributed by atoms with Crippen LogP contribution in [0.3, 0.4) is 0 Å². The van der Waals surface area contributed by atoms with Gasteiger partial charge in [0.15, 0.2) is 0 Å². The maximum Gasteiger partial charge on any atom is 0.147 e. The topological polar surface area (TPSA) is 72.8 Å². The molecule has 0 atom stereocenters. The maximum atomic E-state index is 5.96. The summed E-state index contributed by atoms with van der Waals surface area (Å²) >= 11 is 1.66. The van der Waals surface area contributed by atoms with E-state index in [1.165, 1.54) is 5.56 Å². The van der Waals surface area contributed by atoms with Gasteiger partial charge in [0.05, 0.1) is 28.1 Å². The van der Waals surface area contributed by atoms with Crippen molar-refractivity contribution in [2.75, 3.05) is 11.9 Å². The Labute approximate surface area is 167 Å². The Morgan fingerprint density at radius 3 is 3.07 bits per heavy atom. The van der Waals surface area contributed by atoms with E-state index in [0.29, 0.717) is 6.61 Å². The highest BCUT2D eigenvalue weighted by atomic mass is 32.1. The smallest absolute Gasteiger partial charge is 0.147 e. The van der Waals surface area contributed by atoms with Crippen LogP contribution in [-0.2, 0) is 24.2 Å². The van der Waals surface area contributed by atoms with Crippen LogP contribution in [0.25, 0.3) is 20.4 Å². The van der Waals surface area contributed by atoms with Crippen molar-refractivity contribution in [2.45, 2.75) is 38.9 Å². The maximum absolute atomic E-state index is 5.96. The number of aromatic nitrogens is 4. The second kappa shape index (κ2) is 6.76. The Balaban J connectivity index is 1.48. The van der Waals surface area contributed by atoms with Crippen LogP contribution in [0.4, 0.5) is 5.82 Å². The van der Waals surface area contributed by atoms with Crippen LogP contribution in [-0.4, -0.2) is 32.1 Å². The predicted molar refractivity (Wildman–Crippen MR) is 112 cm³/mol. The Bertz CT molecular complexity index is 1160. The molecule has 6 nitrogen and oxygen atoms in total. The fourth-order valence-electron chi connectivity index (χ4n) is 3.58. The van der Waals surface area contributed by atoms with Crippen LogP contribution in [0.5, 0.6) is 0 Å². The third-order valence-electron chi connectivity index (χ3n) is 5.05. The molecule has 7 heteroatoms. The van der Waals surface area contributed by atoms with Gasteiger partial charge >= 0.3 is 0 Å². The third kappa shape index (κ3) is 3.21. The lowest BCUT2D eigenvalue weighted by molar-refractivity contribution is -0.0411. The Kier molecular flexibility index (Phi) is 4.21. The molecule has 1 aliphatic rings. The molecule has 0 fully saturated rings. The van der Waals surface area contributed by atoms with Gasteiger partial charge in [-0.05, 0) is 38.0 Å². The molecule has 28 heavy (non-hydrogen) atoms. The highest BCUT2D eigenvalue weighted by Gasteiger charge is 2.28. The zero-order valence-electron chi connectivity index (χ0n) is 15.9. The van der Waals surface area contributed by atoms with E-state index >= 15 is 0 Å². The molecule has 1 aliphatic heterocycles. The SMILES string of the molecule is CC1(C)Cc2nc3sc4c(NCCc5cccnc5)ncnc4c3cc2CO1. The van der Waals surface area contributed by atoms with Crippen molar-refractivity contribution < 1.29 is 4.74 Å². The van der Waals surface area contributed by atoms with Crippen LogP contribution in [0.2, 0.25) is 0 Å². The highest BCUT2D eigenvalue weighted by molar-refractivity contribution is 7.25. The van der Waals surface area contributed by atoms with E-state index in [-0.39, 0.29) is 5.60 Å². The van der Waals surface area contributed by atoms with Gasteiger partial charge in [-0.2, -0.15) is 0 Å². The first-order chi connectivity index (χ1) is 13.6. The standard InChI is InChI=1S/C21H21N5OS/c1-21(2)9-16-14(11-27-21)8-15-17-18(28-20(15)26-16)19(25-12-24-17)23-7-5-13-4-3-6-22-10-13/h3-4,6,8,10,12H,5,7,9,11H2,1-2H3,(H,23,24,25). The van der Waals surface area contributed by atoms with Gasteiger partial charge in [-0.3, -0.25) is 4.98 Å². The summed E-state index contributed by atoms with van der Waals surface area (Å²) < 4.78 is 7.02. The molecule has 0 bridgehead atoms. The molecule has 5 rings (SSSR count). The summed E-state index contributed by atoms with van der Waals surface area (Å²) in [5.74, 6) is 0.867. The van der Waals surface area contributed by atoms with E-state index in [1.807, 2.05) is 12.3 Å². The monoisotopic (exact) mass is 391 g/mol. The minimum atomic E-state index is -0.164. The third-order valence-corrected chi connectivity index (χ3v) is 6.15. The lowest BCUT2D eigenvalue weighted by Crippen LogP contribution is -2.32. The average Bonchev–Trinajstić information content (AvgIpc) is 3.05. The molecule has 0 aliphatic carbocycles. The van der Waals surface area contributed by atoms with E-state index in [1.54, 1.807) is 23.9 Å². The molecule has 5 heterocycles. The molecule has 0 spiro atoms. The number of ether oxygens (including phenoxy) is 1. The zero-order valence-corrected chi connectivity index (χ0v) is 16.7. The van der Waals surface area contributed by atoms with E-state index in [2.05, 4.69) is 46.2 Å². The minimum absolute atomic E-state index is 0.164. The number of pyridine rings is 2. The molecule has 1 N–H and O–H groups in total. The van der Waals surface area contributed by atoms with Crippen LogP contribution < -0.4 is 5.32 Å². The van der Waals surface area contributed by atoms with Gasteiger partial charge in [-0.25, -0.2) is 15.0 Å². The van der Waals surface area contributed by atoms with Crippen molar-refractivity contribution in [2.24, 2.45) is 0 Å². The fraction of sp³-hybridized carbons (Fsp3) is 0.333. The van der Waals surface area contributed by atoms with Crippen LogP contribution >= 0.6 is 11.3 Å². The quantitative estimate of drug-likeness (QED) is 0.564. The van der Waals surface area contributed by atoms with Crippen molar-refractivity contribution in [1.29, 1.82) is 0 Å². The number of hydrogen-bond donors (Lipinski definition) is 1. The van der Waals surface area contributed by atoms with Gasteiger partial charge in [0.1, 0.15) is 17.0 Å². The number of nitrogens with zero attached hydrogens (tertiary/aromatic N) is 4. The lowest BCUT2D eigenvalue weighted by atomic mass is 9.95. The molecule has 0 amide bonds. The molecule has 142 valence electrons. The highest BCUT2D eigenvalue weighted by Crippen LogP contribution is 2.37. The lowest BCUT2D eigenvalue weighted by Gasteiger charge is -2.30. The van der Waals surface area contributed by atoms with Crippen molar-refractivity contribution in [3.05, 3.63) is 53.7 Å². The average molecular weight is 392 g/mol. The number of nitrogens with one attached hydrogen (secondary N) is 1. The molecular weight excluding hydrogens is 370 g/mol. The summed E-state index contributed by atoms with van der Waals surface area (Å²) in [6.07, 6.45) is 7.03. The van der Waals surface area contributed by atoms with E-state index in [0.717, 1.165) is 56.9 Å². The first-order valence-electron chi connectivity index (χ1n) is 9.42. The molecule has 0 unspecified atom stereocenters. The number of rotatable bonds is 4. The molecule has 4 aromatic heterocycles. The van der Waals surface area contributed by atoms with Gasteiger partial charge in [0.2, 0.25) is 0 Å². The van der Waals surface area contributed by atoms with Crippen molar-refractivity contribution >= 4 is 37.6 Å². The van der Waals surface area contributed by atoms with E-state index in [4.69, 9.17) is 9.72 Å². The Morgan fingerprint density at radius 1 is 1.29 bits per heavy atom. The Hall–Kier alpha value is -2.64. The molecule has 4 aromatic rings. The normalized spacial score (nSPS) is 15.6. The fourth-order valence-corrected chi connectivity index (χ4v) is 4.68. The first kappa shape index (κ1) is 17.5. The molecule has 0 saturated carbocycles. The van der Waals surface area contributed by atoms with Crippen molar-refractivity contribution in [1.82, 2.24) is 19.9 Å². The second-order valence-electron chi connectivity index (χ2n) is 7.71. The summed E-state index contributed by atoms with van der Waals surface area (Å²) in [7, 11) is 0. The number of anilines is 1. The molecule has 0 radical (unpaired) electrons. The summed E-state index contributed by atoms with van der Waals surface area (Å²) in [5, 5.41) is 4.54. The van der Waals surface area contributed by atoms with Gasteiger partial charge in [-0.1, -0.05) is 6.07 Å². The zero-order chi connectivity index (χ0) is 19.1. The number of thiophene rings is 1. The summed E-state index contributed by atoms with van der Waals surface area (Å²) in [5.41, 5.74) is 4.29. The largest absolute Gasteiger partial charge is 0.370 e. The van der Waals surface area contributed by atoms with Gasteiger partial charge in [0.25, 0.3) is 0 Å². The molecule has 0 aromatic carbocycles. The molecule has 0 saturated heterocycles. The van der Waals surface area contributed by atoms with Crippen LogP contribution in [0.1, 0.15) is 30.7 Å². The minimum Gasteiger partial charge on any atom is -0.370 e. The van der Waals surface area contributed by atoms with Crippen molar-refractivity contribution in [3.8, 4) is 0 Å². The first-order valence-corrected chi connectivity index (χ1v) is 10.2. The predicted octanol–water partition coefficient (Wildman–Crippen LogP) is 4.14. The number of hydrogen-bond acceptors (Lipinski definition) is 7. The van der Waals surface area contributed by atoms with E-state index in [9.17, 15) is 0 Å². The molecular formula is C21H21N5OS. The van der Waals surface area contributed by atoms with Gasteiger partial charge in [-0.15, -0.1) is 11.3 Å². The summed E-state index contributed by atoms with van der Waals surface area (Å²) in [6, 6.07) is 6.24. The second-order valence-corrected chi connectivity index (χ2v) is 8.71.